The Labute approximate surface area is 82.3 Å². The van der Waals surface area contributed by atoms with Crippen molar-refractivity contribution in [1.29, 1.82) is 0 Å². The Bertz CT molecular complexity index is 308. The highest BCUT2D eigenvalue weighted by Crippen LogP contribution is 2.31. The number of carbonyl (C=O) groups excluding carboxylic acids is 2. The zero-order valence-electron chi connectivity index (χ0n) is 8.08. The van der Waals surface area contributed by atoms with Crippen LogP contribution in [0, 0.1) is 5.92 Å². The van der Waals surface area contributed by atoms with Crippen LogP contribution in [0.25, 0.3) is 0 Å². The Morgan fingerprint density at radius 2 is 2.43 bits per heavy atom. The maximum Gasteiger partial charge on any atom is 0.328 e. The maximum atomic E-state index is 11.2. The summed E-state index contributed by atoms with van der Waals surface area (Å²) in [5.41, 5.74) is 0.914. The molecular formula is C10H13NO3. The molecular weight excluding hydrogens is 182 g/mol. The molecule has 1 aliphatic carbocycles. The van der Waals surface area contributed by atoms with E-state index in [9.17, 15) is 9.59 Å². The summed E-state index contributed by atoms with van der Waals surface area (Å²) in [6.07, 6.45) is 3.83. The summed E-state index contributed by atoms with van der Waals surface area (Å²) in [5.74, 6) is 0.249. The Morgan fingerprint density at radius 3 is 3.14 bits per heavy atom. The van der Waals surface area contributed by atoms with Gasteiger partial charge >= 0.3 is 5.97 Å². The van der Waals surface area contributed by atoms with Gasteiger partial charge in [0.25, 0.3) is 0 Å². The van der Waals surface area contributed by atoms with Crippen LogP contribution >= 0.6 is 0 Å². The molecule has 1 fully saturated rings. The first kappa shape index (κ1) is 9.24. The highest BCUT2D eigenvalue weighted by Gasteiger charge is 2.35. The number of fused-ring (bicyclic) bond motifs is 1. The van der Waals surface area contributed by atoms with Crippen LogP contribution in [-0.4, -0.2) is 24.9 Å². The van der Waals surface area contributed by atoms with Crippen molar-refractivity contribution in [3.05, 3.63) is 11.8 Å². The second-order valence-electron chi connectivity index (χ2n) is 3.76. The molecule has 0 aromatic rings. The number of esters is 1. The summed E-state index contributed by atoms with van der Waals surface area (Å²) in [7, 11) is 1.38. The lowest BCUT2D eigenvalue weighted by Gasteiger charge is -2.14. The molecule has 0 bridgehead atoms. The van der Waals surface area contributed by atoms with E-state index in [0.29, 0.717) is 12.3 Å². The largest absolute Gasteiger partial charge is 0.467 e. The SMILES string of the molecule is COC(=O)[C@H]1C[C@H]2CCC(=O)C=C2N1. The van der Waals surface area contributed by atoms with Crippen LogP contribution in [0.4, 0.5) is 0 Å². The number of rotatable bonds is 1. The van der Waals surface area contributed by atoms with Crippen molar-refractivity contribution < 1.29 is 14.3 Å². The number of ether oxygens (including phenoxy) is 1. The zero-order valence-corrected chi connectivity index (χ0v) is 8.08. The van der Waals surface area contributed by atoms with Gasteiger partial charge in [-0.1, -0.05) is 0 Å². The molecule has 0 spiro atoms. The molecule has 4 heteroatoms. The molecule has 0 aromatic carbocycles. The van der Waals surface area contributed by atoms with E-state index in [1.165, 1.54) is 7.11 Å². The lowest BCUT2D eigenvalue weighted by molar-refractivity contribution is -0.142. The standard InChI is InChI=1S/C10H13NO3/c1-14-10(13)9-4-6-2-3-7(12)5-8(6)11-9/h5-6,9,11H,2-4H2,1H3/t6-,9-/m1/s1. The molecule has 0 amide bonds. The molecule has 1 saturated heterocycles. The van der Waals surface area contributed by atoms with Crippen molar-refractivity contribution in [2.45, 2.75) is 25.3 Å². The van der Waals surface area contributed by atoms with Crippen molar-refractivity contribution in [3.8, 4) is 0 Å². The number of hydrogen-bond acceptors (Lipinski definition) is 4. The van der Waals surface area contributed by atoms with E-state index in [2.05, 4.69) is 10.1 Å². The predicted molar refractivity (Wildman–Crippen MR) is 49.4 cm³/mol. The van der Waals surface area contributed by atoms with Crippen molar-refractivity contribution in [2.24, 2.45) is 5.92 Å². The first-order chi connectivity index (χ1) is 6.70. The predicted octanol–water partition coefficient (Wildman–Crippen LogP) is 0.384. The summed E-state index contributed by atoms with van der Waals surface area (Å²) >= 11 is 0. The maximum absolute atomic E-state index is 11.2. The van der Waals surface area contributed by atoms with Crippen LogP contribution in [0.5, 0.6) is 0 Å². The molecule has 1 heterocycles. The van der Waals surface area contributed by atoms with E-state index in [1.807, 2.05) is 0 Å². The summed E-state index contributed by atoms with van der Waals surface area (Å²) in [4.78, 5) is 22.4. The van der Waals surface area contributed by atoms with E-state index in [-0.39, 0.29) is 17.8 Å². The van der Waals surface area contributed by atoms with Crippen LogP contribution in [0.15, 0.2) is 11.8 Å². The second-order valence-corrected chi connectivity index (χ2v) is 3.76. The molecule has 1 N–H and O–H groups in total. The number of hydrogen-bond donors (Lipinski definition) is 1. The highest BCUT2D eigenvalue weighted by molar-refractivity contribution is 5.91. The van der Waals surface area contributed by atoms with Crippen molar-refractivity contribution in [2.75, 3.05) is 7.11 Å². The topological polar surface area (TPSA) is 55.4 Å². The third kappa shape index (κ3) is 1.52. The molecule has 1 aliphatic heterocycles. The molecule has 0 radical (unpaired) electrons. The van der Waals surface area contributed by atoms with Gasteiger partial charge in [0.05, 0.1) is 7.11 Å². The molecule has 4 nitrogen and oxygen atoms in total. The van der Waals surface area contributed by atoms with Crippen LogP contribution in [0.3, 0.4) is 0 Å². The Hall–Kier alpha value is -1.32. The molecule has 2 aliphatic rings. The van der Waals surface area contributed by atoms with E-state index in [1.54, 1.807) is 6.08 Å². The lowest BCUT2D eigenvalue weighted by Crippen LogP contribution is -2.31. The van der Waals surface area contributed by atoms with Gasteiger partial charge in [-0.3, -0.25) is 4.79 Å². The molecule has 0 saturated carbocycles. The smallest absolute Gasteiger partial charge is 0.328 e. The average Bonchev–Trinajstić information content (AvgIpc) is 2.59. The molecule has 0 unspecified atom stereocenters. The van der Waals surface area contributed by atoms with Crippen molar-refractivity contribution in [1.82, 2.24) is 5.32 Å². The van der Waals surface area contributed by atoms with Gasteiger partial charge in [0.2, 0.25) is 0 Å². The molecule has 2 atom stereocenters. The monoisotopic (exact) mass is 195 g/mol. The van der Waals surface area contributed by atoms with Gasteiger partial charge in [0, 0.05) is 24.1 Å². The Kier molecular flexibility index (Phi) is 2.27. The van der Waals surface area contributed by atoms with E-state index >= 15 is 0 Å². The number of carbonyl (C=O) groups is 2. The summed E-state index contributed by atoms with van der Waals surface area (Å²) in [6, 6.07) is -0.262. The van der Waals surface area contributed by atoms with Gasteiger partial charge in [-0.15, -0.1) is 0 Å². The Balaban J connectivity index is 2.10. The Morgan fingerprint density at radius 1 is 1.64 bits per heavy atom. The minimum absolute atomic E-state index is 0.147. The minimum Gasteiger partial charge on any atom is -0.467 e. The van der Waals surface area contributed by atoms with Crippen LogP contribution < -0.4 is 5.32 Å². The van der Waals surface area contributed by atoms with E-state index < -0.39 is 0 Å². The number of ketones is 1. The van der Waals surface area contributed by atoms with Gasteiger partial charge in [-0.05, 0) is 12.8 Å². The van der Waals surface area contributed by atoms with Gasteiger partial charge in [-0.2, -0.15) is 0 Å². The first-order valence-electron chi connectivity index (χ1n) is 4.79. The van der Waals surface area contributed by atoms with Crippen LogP contribution in [0.2, 0.25) is 0 Å². The summed E-state index contributed by atoms with van der Waals surface area (Å²) < 4.78 is 4.65. The molecule has 76 valence electrons. The van der Waals surface area contributed by atoms with Crippen molar-refractivity contribution >= 4 is 11.8 Å². The van der Waals surface area contributed by atoms with E-state index in [0.717, 1.165) is 18.5 Å². The summed E-state index contributed by atoms with van der Waals surface area (Å²) in [5, 5.41) is 3.04. The number of methoxy groups -OCH3 is 1. The second kappa shape index (κ2) is 3.44. The van der Waals surface area contributed by atoms with Crippen molar-refractivity contribution in [3.63, 3.8) is 0 Å². The highest BCUT2D eigenvalue weighted by atomic mass is 16.5. The van der Waals surface area contributed by atoms with Gasteiger partial charge in [-0.25, -0.2) is 4.79 Å². The quantitative estimate of drug-likeness (QED) is 0.615. The van der Waals surface area contributed by atoms with E-state index in [4.69, 9.17) is 0 Å². The lowest BCUT2D eigenvalue weighted by atomic mass is 9.91. The fraction of sp³-hybridized carbons (Fsp3) is 0.600. The van der Waals surface area contributed by atoms with Gasteiger partial charge in [0.15, 0.2) is 5.78 Å². The zero-order chi connectivity index (χ0) is 10.1. The summed E-state index contributed by atoms with van der Waals surface area (Å²) in [6.45, 7) is 0. The normalized spacial score (nSPS) is 30.4. The third-order valence-corrected chi connectivity index (χ3v) is 2.84. The van der Waals surface area contributed by atoms with Crippen LogP contribution in [0.1, 0.15) is 19.3 Å². The van der Waals surface area contributed by atoms with Gasteiger partial charge in [0.1, 0.15) is 6.04 Å². The molecule has 14 heavy (non-hydrogen) atoms. The molecule has 0 aromatic heterocycles. The molecule has 2 rings (SSSR count). The number of nitrogens with one attached hydrogen (secondary N) is 1. The fourth-order valence-corrected chi connectivity index (χ4v) is 2.08. The average molecular weight is 195 g/mol. The number of allylic oxidation sites excluding steroid dienone is 2. The van der Waals surface area contributed by atoms with Crippen LogP contribution in [-0.2, 0) is 14.3 Å². The first-order valence-corrected chi connectivity index (χ1v) is 4.79. The van der Waals surface area contributed by atoms with Gasteiger partial charge < -0.3 is 10.1 Å². The minimum atomic E-state index is -0.262. The third-order valence-electron chi connectivity index (χ3n) is 2.84. The fourth-order valence-electron chi connectivity index (χ4n) is 2.08.